The molecule has 0 fully saturated rings. The van der Waals surface area contributed by atoms with E-state index in [0.29, 0.717) is 12.1 Å². The molecule has 1 heterocycles. The Labute approximate surface area is 120 Å². The van der Waals surface area contributed by atoms with Crippen LogP contribution < -0.4 is 0 Å². The van der Waals surface area contributed by atoms with Crippen LogP contribution in [0.1, 0.15) is 52.3 Å². The number of halogens is 1. The van der Waals surface area contributed by atoms with Crippen molar-refractivity contribution in [3.63, 3.8) is 0 Å². The van der Waals surface area contributed by atoms with Crippen molar-refractivity contribution in [1.82, 2.24) is 14.7 Å². The average Bonchev–Trinajstić information content (AvgIpc) is 2.78. The lowest BCUT2D eigenvalue weighted by Crippen LogP contribution is -2.32. The van der Waals surface area contributed by atoms with Gasteiger partial charge >= 0.3 is 0 Å². The van der Waals surface area contributed by atoms with E-state index < -0.39 is 0 Å². The fourth-order valence-corrected chi connectivity index (χ4v) is 2.62. The van der Waals surface area contributed by atoms with E-state index in [1.54, 1.807) is 0 Å². The summed E-state index contributed by atoms with van der Waals surface area (Å²) in [6.45, 7) is 10.9. The summed E-state index contributed by atoms with van der Waals surface area (Å²) >= 11 is 3.52. The van der Waals surface area contributed by atoms with Crippen LogP contribution in [-0.2, 0) is 6.54 Å². The number of aromatic nitrogens is 2. The van der Waals surface area contributed by atoms with Crippen molar-refractivity contribution in [2.75, 3.05) is 11.9 Å². The van der Waals surface area contributed by atoms with Crippen molar-refractivity contribution in [2.45, 2.75) is 59.2 Å². The molecular formula is C14H26BrN3. The van der Waals surface area contributed by atoms with E-state index in [0.717, 1.165) is 31.3 Å². The lowest BCUT2D eigenvalue weighted by molar-refractivity contribution is 0.223. The largest absolute Gasteiger partial charge is 0.294 e. The zero-order chi connectivity index (χ0) is 13.5. The van der Waals surface area contributed by atoms with Crippen LogP contribution in [0.5, 0.6) is 0 Å². The standard InChI is InChI=1S/C14H26BrN3/c1-5-14(6-2)18-9-7-13(16-18)11-17(10-8-15)12(3)4/h7,9,12,14H,5-6,8,10-11H2,1-4H3. The first-order chi connectivity index (χ1) is 8.62. The Morgan fingerprint density at radius 3 is 2.50 bits per heavy atom. The molecule has 0 spiro atoms. The van der Waals surface area contributed by atoms with Crippen molar-refractivity contribution in [3.8, 4) is 0 Å². The van der Waals surface area contributed by atoms with Gasteiger partial charge in [0.15, 0.2) is 0 Å². The molecular weight excluding hydrogens is 290 g/mol. The summed E-state index contributed by atoms with van der Waals surface area (Å²) in [5.41, 5.74) is 1.18. The van der Waals surface area contributed by atoms with E-state index in [4.69, 9.17) is 5.10 Å². The highest BCUT2D eigenvalue weighted by atomic mass is 79.9. The Morgan fingerprint density at radius 1 is 1.33 bits per heavy atom. The van der Waals surface area contributed by atoms with Crippen LogP contribution in [0.2, 0.25) is 0 Å². The first kappa shape index (κ1) is 15.7. The maximum Gasteiger partial charge on any atom is 0.0765 e. The second kappa shape index (κ2) is 7.95. The van der Waals surface area contributed by atoms with Crippen LogP contribution in [0.3, 0.4) is 0 Å². The summed E-state index contributed by atoms with van der Waals surface area (Å²) in [6, 6.07) is 3.25. The molecule has 0 radical (unpaired) electrons. The summed E-state index contributed by atoms with van der Waals surface area (Å²) in [7, 11) is 0. The second-order valence-corrected chi connectivity index (χ2v) is 5.80. The lowest BCUT2D eigenvalue weighted by atomic mass is 10.2. The molecule has 0 aliphatic carbocycles. The minimum atomic E-state index is 0.544. The maximum absolute atomic E-state index is 4.72. The molecule has 0 saturated heterocycles. The number of hydrogen-bond acceptors (Lipinski definition) is 2. The van der Waals surface area contributed by atoms with Gasteiger partial charge in [-0.2, -0.15) is 5.10 Å². The Hall–Kier alpha value is -0.350. The molecule has 4 heteroatoms. The second-order valence-electron chi connectivity index (χ2n) is 5.01. The van der Waals surface area contributed by atoms with Crippen LogP contribution in [0.15, 0.2) is 12.3 Å². The highest BCUT2D eigenvalue weighted by Crippen LogP contribution is 2.15. The van der Waals surface area contributed by atoms with Gasteiger partial charge in [-0.15, -0.1) is 0 Å². The summed E-state index contributed by atoms with van der Waals surface area (Å²) in [5, 5.41) is 5.73. The molecule has 0 aliphatic heterocycles. The molecule has 18 heavy (non-hydrogen) atoms. The quantitative estimate of drug-likeness (QED) is 0.679. The zero-order valence-corrected chi connectivity index (χ0v) is 13.7. The van der Waals surface area contributed by atoms with E-state index in [-0.39, 0.29) is 0 Å². The van der Waals surface area contributed by atoms with Gasteiger partial charge in [-0.3, -0.25) is 9.58 Å². The minimum absolute atomic E-state index is 0.544. The summed E-state index contributed by atoms with van der Waals surface area (Å²) in [4.78, 5) is 2.44. The smallest absolute Gasteiger partial charge is 0.0765 e. The van der Waals surface area contributed by atoms with Gasteiger partial charge < -0.3 is 0 Å². The van der Waals surface area contributed by atoms with Gasteiger partial charge in [0, 0.05) is 30.7 Å². The highest BCUT2D eigenvalue weighted by molar-refractivity contribution is 9.09. The van der Waals surface area contributed by atoms with E-state index in [2.05, 4.69) is 65.5 Å². The van der Waals surface area contributed by atoms with Gasteiger partial charge in [-0.05, 0) is 32.8 Å². The van der Waals surface area contributed by atoms with Crippen LogP contribution in [0.25, 0.3) is 0 Å². The fraction of sp³-hybridized carbons (Fsp3) is 0.786. The Balaban J connectivity index is 2.67. The van der Waals surface area contributed by atoms with Gasteiger partial charge in [0.25, 0.3) is 0 Å². The van der Waals surface area contributed by atoms with E-state index in [9.17, 15) is 0 Å². The molecule has 1 aromatic heterocycles. The third kappa shape index (κ3) is 4.39. The first-order valence-electron chi connectivity index (χ1n) is 6.96. The van der Waals surface area contributed by atoms with Gasteiger partial charge in [-0.1, -0.05) is 29.8 Å². The Morgan fingerprint density at radius 2 is 2.00 bits per heavy atom. The highest BCUT2D eigenvalue weighted by Gasteiger charge is 2.13. The van der Waals surface area contributed by atoms with Crippen LogP contribution in [-0.4, -0.2) is 32.6 Å². The van der Waals surface area contributed by atoms with E-state index in [1.807, 2.05) is 0 Å². The summed E-state index contributed by atoms with van der Waals surface area (Å²) < 4.78 is 2.13. The molecule has 0 N–H and O–H groups in total. The molecule has 104 valence electrons. The SMILES string of the molecule is CCC(CC)n1ccc(CN(CCBr)C(C)C)n1. The van der Waals surface area contributed by atoms with Gasteiger partial charge in [0.05, 0.1) is 11.7 Å². The Bertz CT molecular complexity index is 332. The molecule has 0 aromatic carbocycles. The topological polar surface area (TPSA) is 21.1 Å². The van der Waals surface area contributed by atoms with Crippen molar-refractivity contribution in [2.24, 2.45) is 0 Å². The van der Waals surface area contributed by atoms with Crippen LogP contribution in [0.4, 0.5) is 0 Å². The van der Waals surface area contributed by atoms with Gasteiger partial charge in [-0.25, -0.2) is 0 Å². The minimum Gasteiger partial charge on any atom is -0.294 e. The molecule has 0 unspecified atom stereocenters. The average molecular weight is 316 g/mol. The van der Waals surface area contributed by atoms with Crippen molar-refractivity contribution < 1.29 is 0 Å². The van der Waals surface area contributed by atoms with E-state index >= 15 is 0 Å². The molecule has 0 saturated carbocycles. The van der Waals surface area contributed by atoms with Crippen molar-refractivity contribution in [1.29, 1.82) is 0 Å². The predicted octanol–water partition coefficient (Wildman–Crippen LogP) is 3.85. The Kier molecular flexibility index (Phi) is 6.94. The first-order valence-corrected chi connectivity index (χ1v) is 8.08. The van der Waals surface area contributed by atoms with Crippen molar-refractivity contribution >= 4 is 15.9 Å². The molecule has 0 aliphatic rings. The molecule has 3 nitrogen and oxygen atoms in total. The molecule has 1 rings (SSSR count). The van der Waals surface area contributed by atoms with E-state index in [1.165, 1.54) is 5.69 Å². The normalized spacial score (nSPS) is 12.0. The third-order valence-electron chi connectivity index (χ3n) is 3.45. The van der Waals surface area contributed by atoms with Gasteiger partial charge in [0.1, 0.15) is 0 Å². The summed E-state index contributed by atoms with van der Waals surface area (Å²) in [6.07, 6.45) is 4.42. The molecule has 0 amide bonds. The summed E-state index contributed by atoms with van der Waals surface area (Å²) in [5.74, 6) is 0. The monoisotopic (exact) mass is 315 g/mol. The molecule has 0 bridgehead atoms. The van der Waals surface area contributed by atoms with Crippen LogP contribution in [0, 0.1) is 0 Å². The molecule has 1 aromatic rings. The third-order valence-corrected chi connectivity index (χ3v) is 3.80. The number of hydrogen-bond donors (Lipinski definition) is 0. The number of alkyl halides is 1. The molecule has 0 atom stereocenters. The van der Waals surface area contributed by atoms with Crippen LogP contribution >= 0.6 is 15.9 Å². The van der Waals surface area contributed by atoms with Gasteiger partial charge in [0.2, 0.25) is 0 Å². The number of rotatable bonds is 8. The number of nitrogens with zero attached hydrogens (tertiary/aromatic N) is 3. The zero-order valence-electron chi connectivity index (χ0n) is 12.1. The van der Waals surface area contributed by atoms with Crippen molar-refractivity contribution in [3.05, 3.63) is 18.0 Å². The predicted molar refractivity (Wildman–Crippen MR) is 81.2 cm³/mol. The maximum atomic E-state index is 4.72. The fourth-order valence-electron chi connectivity index (χ4n) is 2.16. The lowest BCUT2D eigenvalue weighted by Gasteiger charge is -2.24.